The summed E-state index contributed by atoms with van der Waals surface area (Å²) in [5, 5.41) is 22.8. The molecule has 19 heavy (non-hydrogen) atoms. The van der Waals surface area contributed by atoms with Crippen molar-refractivity contribution < 1.29 is 14.8 Å². The molecule has 0 aliphatic heterocycles. The topological polar surface area (TPSA) is 92.5 Å². The molecule has 0 spiro atoms. The highest BCUT2D eigenvalue weighted by Crippen LogP contribution is 2.22. The third kappa shape index (κ3) is 3.94. The third-order valence-corrected chi connectivity index (χ3v) is 3.04. The molecule has 0 fully saturated rings. The minimum Gasteiger partial charge on any atom is -0.481 e. The molecule has 1 unspecified atom stereocenters. The van der Waals surface area contributed by atoms with Crippen molar-refractivity contribution in [2.45, 2.75) is 20.8 Å². The second-order valence-electron chi connectivity index (χ2n) is 4.83. The van der Waals surface area contributed by atoms with Crippen LogP contribution in [0.2, 0.25) is 0 Å². The quantitative estimate of drug-likeness (QED) is 0.610. The largest absolute Gasteiger partial charge is 0.481 e. The van der Waals surface area contributed by atoms with E-state index in [9.17, 15) is 14.9 Å². The minimum atomic E-state index is -0.846. The number of carboxylic acid groups (broad SMARTS) is 1. The molecule has 0 aliphatic rings. The molecule has 2 N–H and O–H groups in total. The van der Waals surface area contributed by atoms with Crippen molar-refractivity contribution >= 4 is 17.3 Å². The lowest BCUT2D eigenvalue weighted by Crippen LogP contribution is -2.27. The average molecular weight is 266 g/mol. The maximum absolute atomic E-state index is 11.0. The monoisotopic (exact) mass is 266 g/mol. The maximum Gasteiger partial charge on any atom is 0.308 e. The normalized spacial score (nSPS) is 12.2. The number of benzene rings is 1. The summed E-state index contributed by atoms with van der Waals surface area (Å²) in [6.07, 6.45) is 0. The lowest BCUT2D eigenvalue weighted by Gasteiger charge is -2.17. The summed E-state index contributed by atoms with van der Waals surface area (Å²) in [4.78, 5) is 21.3. The number of nitrogens with zero attached hydrogens (tertiary/aromatic N) is 1. The molecule has 6 nitrogen and oxygen atoms in total. The molecule has 6 heteroatoms. The van der Waals surface area contributed by atoms with Crippen LogP contribution < -0.4 is 5.32 Å². The van der Waals surface area contributed by atoms with Gasteiger partial charge in [0.05, 0.1) is 10.8 Å². The summed E-state index contributed by atoms with van der Waals surface area (Å²) in [6, 6.07) is 4.66. The van der Waals surface area contributed by atoms with Crippen molar-refractivity contribution in [2.75, 3.05) is 11.9 Å². The van der Waals surface area contributed by atoms with E-state index in [1.807, 2.05) is 13.8 Å². The van der Waals surface area contributed by atoms with Gasteiger partial charge in [0.15, 0.2) is 0 Å². The van der Waals surface area contributed by atoms with Crippen molar-refractivity contribution in [3.05, 3.63) is 33.9 Å². The van der Waals surface area contributed by atoms with Gasteiger partial charge in [-0.15, -0.1) is 0 Å². The van der Waals surface area contributed by atoms with Crippen molar-refractivity contribution in [2.24, 2.45) is 11.8 Å². The van der Waals surface area contributed by atoms with Crippen LogP contribution in [0.15, 0.2) is 18.2 Å². The minimum absolute atomic E-state index is 0.0177. The smallest absolute Gasteiger partial charge is 0.308 e. The molecule has 1 rings (SSSR count). The second-order valence-corrected chi connectivity index (χ2v) is 4.83. The summed E-state index contributed by atoms with van der Waals surface area (Å²) in [5.41, 5.74) is 1.30. The van der Waals surface area contributed by atoms with Gasteiger partial charge in [0.2, 0.25) is 0 Å². The Kier molecular flexibility index (Phi) is 4.86. The summed E-state index contributed by atoms with van der Waals surface area (Å²) >= 11 is 0. The molecule has 1 aromatic rings. The van der Waals surface area contributed by atoms with Crippen LogP contribution in [0.3, 0.4) is 0 Å². The zero-order valence-corrected chi connectivity index (χ0v) is 11.2. The maximum atomic E-state index is 11.0. The van der Waals surface area contributed by atoms with E-state index in [4.69, 9.17) is 5.11 Å². The van der Waals surface area contributed by atoms with E-state index < -0.39 is 16.8 Å². The molecular formula is C13H18N2O4. The Bertz CT molecular complexity index is 486. The Morgan fingerprint density at radius 2 is 2.11 bits per heavy atom. The molecule has 0 heterocycles. The number of carbonyl (C=O) groups is 1. The van der Waals surface area contributed by atoms with Crippen molar-refractivity contribution in [3.8, 4) is 0 Å². The number of rotatable bonds is 6. The molecule has 0 amide bonds. The predicted octanol–water partition coefficient (Wildman–Crippen LogP) is 2.67. The van der Waals surface area contributed by atoms with Gasteiger partial charge in [-0.2, -0.15) is 0 Å². The number of nitrogens with one attached hydrogen (secondary N) is 1. The highest BCUT2D eigenvalue weighted by atomic mass is 16.6. The van der Waals surface area contributed by atoms with E-state index in [-0.39, 0.29) is 11.6 Å². The zero-order chi connectivity index (χ0) is 14.6. The highest BCUT2D eigenvalue weighted by molar-refractivity contribution is 5.71. The van der Waals surface area contributed by atoms with Crippen LogP contribution in [0.4, 0.5) is 11.4 Å². The molecule has 104 valence electrons. The second kappa shape index (κ2) is 6.17. The van der Waals surface area contributed by atoms with Crippen molar-refractivity contribution in [1.82, 2.24) is 0 Å². The molecular weight excluding hydrogens is 248 g/mol. The van der Waals surface area contributed by atoms with Crippen LogP contribution in [0.5, 0.6) is 0 Å². The van der Waals surface area contributed by atoms with Crippen molar-refractivity contribution in [3.63, 3.8) is 0 Å². The fourth-order valence-corrected chi connectivity index (χ4v) is 1.81. The fourth-order valence-electron chi connectivity index (χ4n) is 1.81. The Labute approximate surface area is 111 Å². The van der Waals surface area contributed by atoms with Crippen LogP contribution in [0.1, 0.15) is 19.4 Å². The van der Waals surface area contributed by atoms with Crippen LogP contribution >= 0.6 is 0 Å². The first-order valence-corrected chi connectivity index (χ1v) is 6.04. The van der Waals surface area contributed by atoms with Crippen LogP contribution in [0, 0.1) is 28.9 Å². The van der Waals surface area contributed by atoms with Crippen LogP contribution in [0.25, 0.3) is 0 Å². The molecule has 0 bridgehead atoms. The molecule has 0 radical (unpaired) electrons. The summed E-state index contributed by atoms with van der Waals surface area (Å²) in [5.74, 6) is -1.32. The lowest BCUT2D eigenvalue weighted by molar-refractivity contribution is -0.385. The number of aryl methyl sites for hydroxylation is 1. The number of hydrogen-bond donors (Lipinski definition) is 2. The van der Waals surface area contributed by atoms with E-state index in [1.54, 1.807) is 19.1 Å². The van der Waals surface area contributed by atoms with Crippen molar-refractivity contribution in [1.29, 1.82) is 0 Å². The summed E-state index contributed by atoms with van der Waals surface area (Å²) in [6.45, 7) is 5.65. The predicted molar refractivity (Wildman–Crippen MR) is 72.3 cm³/mol. The van der Waals surface area contributed by atoms with E-state index in [0.717, 1.165) is 0 Å². The molecule has 0 aliphatic carbocycles. The molecule has 1 aromatic carbocycles. The van der Waals surface area contributed by atoms with Gasteiger partial charge in [0.25, 0.3) is 5.69 Å². The van der Waals surface area contributed by atoms with Crippen LogP contribution in [-0.4, -0.2) is 22.5 Å². The number of aliphatic carboxylic acids is 1. The van der Waals surface area contributed by atoms with Gasteiger partial charge in [-0.25, -0.2) is 0 Å². The van der Waals surface area contributed by atoms with Crippen LogP contribution in [-0.2, 0) is 4.79 Å². The van der Waals surface area contributed by atoms with E-state index in [0.29, 0.717) is 17.8 Å². The zero-order valence-electron chi connectivity index (χ0n) is 11.2. The number of nitro benzene ring substituents is 1. The Hall–Kier alpha value is -2.11. The van der Waals surface area contributed by atoms with Gasteiger partial charge in [-0.05, 0) is 25.0 Å². The number of hydrogen-bond acceptors (Lipinski definition) is 4. The van der Waals surface area contributed by atoms with Gasteiger partial charge in [0.1, 0.15) is 0 Å². The van der Waals surface area contributed by atoms with Gasteiger partial charge in [-0.3, -0.25) is 14.9 Å². The molecule has 0 aromatic heterocycles. The van der Waals surface area contributed by atoms with E-state index >= 15 is 0 Å². The number of anilines is 1. The van der Waals surface area contributed by atoms with E-state index in [2.05, 4.69) is 5.32 Å². The highest BCUT2D eigenvalue weighted by Gasteiger charge is 2.21. The van der Waals surface area contributed by atoms with Gasteiger partial charge in [0, 0.05) is 23.9 Å². The SMILES string of the molecule is Cc1cc(NCC(C(=O)O)C(C)C)ccc1[N+](=O)[O-]. The fraction of sp³-hybridized carbons (Fsp3) is 0.462. The lowest BCUT2D eigenvalue weighted by atomic mass is 9.96. The molecule has 0 saturated carbocycles. The summed E-state index contributed by atoms with van der Waals surface area (Å²) < 4.78 is 0. The van der Waals surface area contributed by atoms with Gasteiger partial charge >= 0.3 is 5.97 Å². The number of nitro groups is 1. The Morgan fingerprint density at radius 3 is 2.53 bits per heavy atom. The first-order chi connectivity index (χ1) is 8.82. The van der Waals surface area contributed by atoms with Gasteiger partial charge in [-0.1, -0.05) is 13.8 Å². The first kappa shape index (κ1) is 14.9. The Morgan fingerprint density at radius 1 is 1.47 bits per heavy atom. The standard InChI is InChI=1S/C13H18N2O4/c1-8(2)11(13(16)17)7-14-10-4-5-12(15(18)19)9(3)6-10/h4-6,8,11,14H,7H2,1-3H3,(H,16,17). The number of carboxylic acids is 1. The molecule has 0 saturated heterocycles. The Balaban J connectivity index is 2.76. The first-order valence-electron chi connectivity index (χ1n) is 6.04. The third-order valence-electron chi connectivity index (χ3n) is 3.04. The average Bonchev–Trinajstić information content (AvgIpc) is 2.27. The van der Waals surface area contributed by atoms with Gasteiger partial charge < -0.3 is 10.4 Å². The molecule has 1 atom stereocenters. The van der Waals surface area contributed by atoms with E-state index in [1.165, 1.54) is 6.07 Å². The summed E-state index contributed by atoms with van der Waals surface area (Å²) in [7, 11) is 0.